The SMILES string of the molecule is CCCCCC(C)NCc1c(C)noc1C. The Hall–Kier alpha value is -0.830. The van der Waals surface area contributed by atoms with Gasteiger partial charge in [0.15, 0.2) is 0 Å². The zero-order chi connectivity index (χ0) is 12.0. The monoisotopic (exact) mass is 224 g/mol. The summed E-state index contributed by atoms with van der Waals surface area (Å²) in [6, 6.07) is 0.570. The molecule has 0 saturated heterocycles. The van der Waals surface area contributed by atoms with Gasteiger partial charge in [-0.05, 0) is 27.2 Å². The van der Waals surface area contributed by atoms with E-state index in [1.54, 1.807) is 0 Å². The highest BCUT2D eigenvalue weighted by molar-refractivity contribution is 5.20. The van der Waals surface area contributed by atoms with Crippen LogP contribution < -0.4 is 5.32 Å². The summed E-state index contributed by atoms with van der Waals surface area (Å²) in [7, 11) is 0. The van der Waals surface area contributed by atoms with Crippen molar-refractivity contribution >= 4 is 0 Å². The van der Waals surface area contributed by atoms with Gasteiger partial charge in [-0.3, -0.25) is 0 Å². The van der Waals surface area contributed by atoms with Crippen molar-refractivity contribution in [2.75, 3.05) is 0 Å². The van der Waals surface area contributed by atoms with Crippen LogP contribution in [0.25, 0.3) is 0 Å². The van der Waals surface area contributed by atoms with Gasteiger partial charge in [0.1, 0.15) is 5.76 Å². The minimum Gasteiger partial charge on any atom is -0.361 e. The van der Waals surface area contributed by atoms with Crippen LogP contribution in [0, 0.1) is 13.8 Å². The number of hydrogen-bond acceptors (Lipinski definition) is 3. The Morgan fingerprint density at radius 1 is 1.31 bits per heavy atom. The van der Waals surface area contributed by atoms with E-state index in [4.69, 9.17) is 4.52 Å². The topological polar surface area (TPSA) is 38.1 Å². The zero-order valence-corrected chi connectivity index (χ0v) is 11.0. The molecule has 0 radical (unpaired) electrons. The summed E-state index contributed by atoms with van der Waals surface area (Å²) in [5, 5.41) is 7.48. The predicted octanol–water partition coefficient (Wildman–Crippen LogP) is 3.35. The van der Waals surface area contributed by atoms with Gasteiger partial charge in [-0.15, -0.1) is 0 Å². The van der Waals surface area contributed by atoms with E-state index in [2.05, 4.69) is 24.3 Å². The lowest BCUT2D eigenvalue weighted by Crippen LogP contribution is -2.25. The third-order valence-electron chi connectivity index (χ3n) is 3.05. The number of unbranched alkanes of at least 4 members (excludes halogenated alkanes) is 2. The zero-order valence-electron chi connectivity index (χ0n) is 11.0. The second-order valence-corrected chi connectivity index (χ2v) is 4.58. The Balaban J connectivity index is 2.28. The highest BCUT2D eigenvalue weighted by Gasteiger charge is 2.09. The second-order valence-electron chi connectivity index (χ2n) is 4.58. The van der Waals surface area contributed by atoms with E-state index in [1.807, 2.05) is 13.8 Å². The molecule has 0 bridgehead atoms. The van der Waals surface area contributed by atoms with Crippen LogP contribution in [0.2, 0.25) is 0 Å². The molecule has 1 heterocycles. The van der Waals surface area contributed by atoms with Crippen LogP contribution >= 0.6 is 0 Å². The molecule has 3 nitrogen and oxygen atoms in total. The third-order valence-corrected chi connectivity index (χ3v) is 3.05. The Morgan fingerprint density at radius 3 is 2.62 bits per heavy atom. The van der Waals surface area contributed by atoms with Gasteiger partial charge in [-0.1, -0.05) is 31.3 Å². The summed E-state index contributed by atoms with van der Waals surface area (Å²) >= 11 is 0. The smallest absolute Gasteiger partial charge is 0.138 e. The van der Waals surface area contributed by atoms with Gasteiger partial charge in [0, 0.05) is 18.2 Å². The fraction of sp³-hybridized carbons (Fsp3) is 0.769. The molecule has 16 heavy (non-hydrogen) atoms. The summed E-state index contributed by atoms with van der Waals surface area (Å²) in [5.41, 5.74) is 2.22. The van der Waals surface area contributed by atoms with E-state index in [1.165, 1.54) is 31.2 Å². The van der Waals surface area contributed by atoms with Crippen LogP contribution in [-0.4, -0.2) is 11.2 Å². The second kappa shape index (κ2) is 6.69. The van der Waals surface area contributed by atoms with Crippen LogP contribution in [0.4, 0.5) is 0 Å². The quantitative estimate of drug-likeness (QED) is 0.722. The minimum atomic E-state index is 0.570. The Morgan fingerprint density at radius 2 is 2.06 bits per heavy atom. The van der Waals surface area contributed by atoms with Crippen molar-refractivity contribution in [2.24, 2.45) is 0 Å². The number of rotatable bonds is 7. The number of nitrogens with one attached hydrogen (secondary N) is 1. The van der Waals surface area contributed by atoms with Crippen molar-refractivity contribution in [2.45, 2.75) is 66.0 Å². The molecule has 0 aliphatic rings. The molecule has 0 fully saturated rings. The molecule has 0 spiro atoms. The van der Waals surface area contributed by atoms with Gasteiger partial charge < -0.3 is 9.84 Å². The number of hydrogen-bond donors (Lipinski definition) is 1. The summed E-state index contributed by atoms with van der Waals surface area (Å²) in [6.07, 6.45) is 5.18. The van der Waals surface area contributed by atoms with Crippen LogP contribution in [-0.2, 0) is 6.54 Å². The van der Waals surface area contributed by atoms with Gasteiger partial charge in [-0.25, -0.2) is 0 Å². The molecule has 3 heteroatoms. The predicted molar refractivity (Wildman–Crippen MR) is 66.4 cm³/mol. The minimum absolute atomic E-state index is 0.570. The molecule has 1 N–H and O–H groups in total. The number of aromatic nitrogens is 1. The molecular weight excluding hydrogens is 200 g/mol. The fourth-order valence-electron chi connectivity index (χ4n) is 1.83. The lowest BCUT2D eigenvalue weighted by atomic mass is 10.1. The summed E-state index contributed by atoms with van der Waals surface area (Å²) in [4.78, 5) is 0. The van der Waals surface area contributed by atoms with Crippen molar-refractivity contribution in [1.82, 2.24) is 10.5 Å². The molecule has 1 unspecified atom stereocenters. The van der Waals surface area contributed by atoms with E-state index in [9.17, 15) is 0 Å². The highest BCUT2D eigenvalue weighted by Crippen LogP contribution is 2.12. The molecule has 0 saturated carbocycles. The van der Waals surface area contributed by atoms with Gasteiger partial charge in [0.2, 0.25) is 0 Å². The van der Waals surface area contributed by atoms with Crippen molar-refractivity contribution in [3.05, 3.63) is 17.0 Å². The first-order valence-electron chi connectivity index (χ1n) is 6.30. The van der Waals surface area contributed by atoms with Crippen molar-refractivity contribution in [3.8, 4) is 0 Å². The molecule has 0 aliphatic carbocycles. The first-order chi connectivity index (χ1) is 7.65. The molecule has 0 aliphatic heterocycles. The molecule has 0 amide bonds. The normalized spacial score (nSPS) is 13.0. The molecule has 1 aromatic rings. The Kier molecular flexibility index (Phi) is 5.53. The molecule has 92 valence electrons. The summed E-state index contributed by atoms with van der Waals surface area (Å²) in [6.45, 7) is 9.32. The molecule has 1 aromatic heterocycles. The summed E-state index contributed by atoms with van der Waals surface area (Å²) in [5.74, 6) is 0.936. The van der Waals surface area contributed by atoms with Gasteiger partial charge in [-0.2, -0.15) is 0 Å². The molecular formula is C13H24N2O. The average molecular weight is 224 g/mol. The lowest BCUT2D eigenvalue weighted by molar-refractivity contribution is 0.391. The lowest BCUT2D eigenvalue weighted by Gasteiger charge is -2.13. The van der Waals surface area contributed by atoms with E-state index < -0.39 is 0 Å². The molecule has 1 rings (SSSR count). The van der Waals surface area contributed by atoms with E-state index in [0.717, 1.165) is 18.0 Å². The molecule has 1 atom stereocenters. The van der Waals surface area contributed by atoms with Crippen LogP contribution in [0.1, 0.15) is 56.5 Å². The molecule has 0 aromatic carbocycles. The first kappa shape index (κ1) is 13.2. The maximum atomic E-state index is 5.14. The largest absolute Gasteiger partial charge is 0.361 e. The van der Waals surface area contributed by atoms with Gasteiger partial charge >= 0.3 is 0 Å². The van der Waals surface area contributed by atoms with Crippen LogP contribution in [0.5, 0.6) is 0 Å². The van der Waals surface area contributed by atoms with Gasteiger partial charge in [0.05, 0.1) is 5.69 Å². The number of aryl methyl sites for hydroxylation is 2. The Bertz CT molecular complexity index is 287. The van der Waals surface area contributed by atoms with Crippen molar-refractivity contribution < 1.29 is 4.52 Å². The van der Waals surface area contributed by atoms with Gasteiger partial charge in [0.25, 0.3) is 0 Å². The maximum absolute atomic E-state index is 5.14. The third kappa shape index (κ3) is 3.97. The standard InChI is InChI=1S/C13H24N2O/c1-5-6-7-8-10(2)14-9-13-11(3)15-16-12(13)4/h10,14H,5-9H2,1-4H3. The highest BCUT2D eigenvalue weighted by atomic mass is 16.5. The first-order valence-corrected chi connectivity index (χ1v) is 6.30. The maximum Gasteiger partial charge on any atom is 0.138 e. The average Bonchev–Trinajstić information content (AvgIpc) is 2.57. The Labute approximate surface area is 98.6 Å². The fourth-order valence-corrected chi connectivity index (χ4v) is 1.83. The van der Waals surface area contributed by atoms with E-state index in [-0.39, 0.29) is 0 Å². The number of nitrogens with zero attached hydrogens (tertiary/aromatic N) is 1. The van der Waals surface area contributed by atoms with Crippen molar-refractivity contribution in [1.29, 1.82) is 0 Å². The van der Waals surface area contributed by atoms with Crippen LogP contribution in [0.15, 0.2) is 4.52 Å². The van der Waals surface area contributed by atoms with Crippen molar-refractivity contribution in [3.63, 3.8) is 0 Å². The van der Waals surface area contributed by atoms with E-state index >= 15 is 0 Å². The summed E-state index contributed by atoms with van der Waals surface area (Å²) < 4.78 is 5.14. The van der Waals surface area contributed by atoms with E-state index in [0.29, 0.717) is 6.04 Å². The van der Waals surface area contributed by atoms with Crippen LogP contribution in [0.3, 0.4) is 0 Å².